The van der Waals surface area contributed by atoms with Gasteiger partial charge in [-0.1, -0.05) is 11.8 Å². The summed E-state index contributed by atoms with van der Waals surface area (Å²) >= 11 is 0. The van der Waals surface area contributed by atoms with Crippen LogP contribution in [0.25, 0.3) is 0 Å². The van der Waals surface area contributed by atoms with Gasteiger partial charge in [-0.25, -0.2) is 0 Å². The van der Waals surface area contributed by atoms with Gasteiger partial charge in [0.2, 0.25) is 0 Å². The minimum atomic E-state index is 0.263. The maximum absolute atomic E-state index is 5.62. The summed E-state index contributed by atoms with van der Waals surface area (Å²) in [5, 5.41) is 0. The molecule has 0 aliphatic carbocycles. The summed E-state index contributed by atoms with van der Waals surface area (Å²) in [5.41, 5.74) is 6.28. The summed E-state index contributed by atoms with van der Waals surface area (Å²) in [7, 11) is 0. The van der Waals surface area contributed by atoms with E-state index < -0.39 is 0 Å². The molecule has 4 nitrogen and oxygen atoms in total. The molecule has 1 aliphatic heterocycles. The highest BCUT2D eigenvalue weighted by Gasteiger charge is 2.13. The molecule has 2 N–H and O–H groups in total. The van der Waals surface area contributed by atoms with Crippen LogP contribution in [-0.4, -0.2) is 39.1 Å². The molecule has 2 rings (SSSR count). The Morgan fingerprint density at radius 1 is 1.19 bits per heavy atom. The number of benzene rings is 1. The summed E-state index contributed by atoms with van der Waals surface area (Å²) in [6, 6.07) is 7.67. The summed E-state index contributed by atoms with van der Waals surface area (Å²) < 4.78 is 16.8. The van der Waals surface area contributed by atoms with Crippen LogP contribution in [0.5, 0.6) is 5.75 Å². The first-order chi connectivity index (χ1) is 10.4. The lowest BCUT2D eigenvalue weighted by atomic mass is 10.1. The average Bonchev–Trinajstić information content (AvgIpc) is 2.55. The number of hydrogen-bond donors (Lipinski definition) is 1. The Morgan fingerprint density at radius 3 is 2.76 bits per heavy atom. The molecule has 0 bridgehead atoms. The average molecular weight is 289 g/mol. The lowest BCUT2D eigenvalue weighted by Gasteiger charge is -2.22. The van der Waals surface area contributed by atoms with E-state index in [0.29, 0.717) is 26.4 Å². The van der Waals surface area contributed by atoms with Gasteiger partial charge in [0.05, 0.1) is 25.9 Å². The van der Waals surface area contributed by atoms with E-state index in [1.807, 2.05) is 24.3 Å². The monoisotopic (exact) mass is 289 g/mol. The molecule has 114 valence electrons. The predicted octanol–water partition coefficient (Wildman–Crippen LogP) is 1.96. The molecule has 0 spiro atoms. The second-order valence-electron chi connectivity index (χ2n) is 4.94. The highest BCUT2D eigenvalue weighted by Crippen LogP contribution is 2.13. The molecule has 1 aliphatic rings. The van der Waals surface area contributed by atoms with Crippen molar-refractivity contribution in [1.29, 1.82) is 0 Å². The van der Waals surface area contributed by atoms with E-state index >= 15 is 0 Å². The lowest BCUT2D eigenvalue weighted by molar-refractivity contribution is -0.0444. The number of rotatable bonds is 6. The molecule has 1 saturated heterocycles. The Bertz CT molecular complexity index is 455. The zero-order valence-corrected chi connectivity index (χ0v) is 12.3. The SMILES string of the molecule is NCC#Cc1ccc(OCCOCC2CCCCO2)cc1. The minimum Gasteiger partial charge on any atom is -0.491 e. The van der Waals surface area contributed by atoms with Gasteiger partial charge in [0.15, 0.2) is 0 Å². The Morgan fingerprint density at radius 2 is 2.05 bits per heavy atom. The molecule has 0 aromatic heterocycles. The van der Waals surface area contributed by atoms with E-state index in [1.165, 1.54) is 12.8 Å². The number of hydrogen-bond acceptors (Lipinski definition) is 4. The molecule has 1 atom stereocenters. The zero-order valence-electron chi connectivity index (χ0n) is 12.3. The van der Waals surface area contributed by atoms with Gasteiger partial charge in [0, 0.05) is 12.2 Å². The number of ether oxygens (including phenoxy) is 3. The molecule has 1 aromatic rings. The third-order valence-corrected chi connectivity index (χ3v) is 3.26. The fraction of sp³-hybridized carbons (Fsp3) is 0.529. The van der Waals surface area contributed by atoms with Crippen LogP contribution in [0.15, 0.2) is 24.3 Å². The molecule has 1 aromatic carbocycles. The van der Waals surface area contributed by atoms with Gasteiger partial charge in [-0.05, 0) is 43.5 Å². The van der Waals surface area contributed by atoms with Crippen molar-refractivity contribution in [1.82, 2.24) is 0 Å². The van der Waals surface area contributed by atoms with E-state index in [-0.39, 0.29) is 6.10 Å². The van der Waals surface area contributed by atoms with Crippen molar-refractivity contribution < 1.29 is 14.2 Å². The van der Waals surface area contributed by atoms with Crippen LogP contribution in [0.4, 0.5) is 0 Å². The molecular formula is C17H23NO3. The minimum absolute atomic E-state index is 0.263. The highest BCUT2D eigenvalue weighted by molar-refractivity contribution is 5.38. The van der Waals surface area contributed by atoms with Crippen LogP contribution < -0.4 is 10.5 Å². The van der Waals surface area contributed by atoms with Crippen molar-refractivity contribution in [3.8, 4) is 17.6 Å². The Labute approximate surface area is 126 Å². The van der Waals surface area contributed by atoms with Crippen LogP contribution in [0, 0.1) is 11.8 Å². The third kappa shape index (κ3) is 6.17. The Kier molecular flexibility index (Phi) is 7.10. The highest BCUT2D eigenvalue weighted by atomic mass is 16.5. The molecule has 4 heteroatoms. The maximum atomic E-state index is 5.62. The second-order valence-corrected chi connectivity index (χ2v) is 4.94. The van der Waals surface area contributed by atoms with Gasteiger partial charge in [-0.3, -0.25) is 0 Å². The summed E-state index contributed by atoms with van der Waals surface area (Å²) in [4.78, 5) is 0. The van der Waals surface area contributed by atoms with Crippen molar-refractivity contribution in [3.63, 3.8) is 0 Å². The smallest absolute Gasteiger partial charge is 0.119 e. The standard InChI is InChI=1S/C17H23NO3/c18-10-3-4-15-6-8-16(9-7-15)21-13-12-19-14-17-5-1-2-11-20-17/h6-9,17H,1-2,5,10-14,18H2. The van der Waals surface area contributed by atoms with Crippen LogP contribution >= 0.6 is 0 Å². The Hall–Kier alpha value is -1.54. The molecular weight excluding hydrogens is 266 g/mol. The molecule has 1 heterocycles. The first-order valence-electron chi connectivity index (χ1n) is 7.49. The Balaban J connectivity index is 1.59. The van der Waals surface area contributed by atoms with Crippen molar-refractivity contribution >= 4 is 0 Å². The topological polar surface area (TPSA) is 53.7 Å². The van der Waals surface area contributed by atoms with E-state index in [9.17, 15) is 0 Å². The van der Waals surface area contributed by atoms with E-state index in [0.717, 1.165) is 24.3 Å². The van der Waals surface area contributed by atoms with Crippen molar-refractivity contribution in [3.05, 3.63) is 29.8 Å². The predicted molar refractivity (Wildman–Crippen MR) is 82.3 cm³/mol. The normalized spacial score (nSPS) is 17.9. The van der Waals surface area contributed by atoms with Crippen LogP contribution in [0.1, 0.15) is 24.8 Å². The van der Waals surface area contributed by atoms with Gasteiger partial charge in [-0.2, -0.15) is 0 Å². The van der Waals surface area contributed by atoms with E-state index in [2.05, 4.69) is 11.8 Å². The quantitative estimate of drug-likeness (QED) is 0.642. The van der Waals surface area contributed by atoms with E-state index in [4.69, 9.17) is 19.9 Å². The maximum Gasteiger partial charge on any atom is 0.119 e. The summed E-state index contributed by atoms with van der Waals surface area (Å²) in [6.07, 6.45) is 3.78. The first-order valence-corrected chi connectivity index (χ1v) is 7.49. The lowest BCUT2D eigenvalue weighted by Crippen LogP contribution is -2.25. The van der Waals surface area contributed by atoms with Gasteiger partial charge in [-0.15, -0.1) is 0 Å². The van der Waals surface area contributed by atoms with Gasteiger partial charge in [0.25, 0.3) is 0 Å². The fourth-order valence-electron chi connectivity index (χ4n) is 2.16. The van der Waals surface area contributed by atoms with Gasteiger partial charge in [0.1, 0.15) is 12.4 Å². The van der Waals surface area contributed by atoms with Crippen molar-refractivity contribution in [2.45, 2.75) is 25.4 Å². The van der Waals surface area contributed by atoms with E-state index in [1.54, 1.807) is 0 Å². The first kappa shape index (κ1) is 15.8. The molecule has 21 heavy (non-hydrogen) atoms. The summed E-state index contributed by atoms with van der Waals surface area (Å²) in [5.74, 6) is 6.62. The van der Waals surface area contributed by atoms with Gasteiger partial charge < -0.3 is 19.9 Å². The molecule has 0 radical (unpaired) electrons. The summed E-state index contributed by atoms with van der Waals surface area (Å²) in [6.45, 7) is 3.02. The van der Waals surface area contributed by atoms with Crippen molar-refractivity contribution in [2.24, 2.45) is 5.73 Å². The fourth-order valence-corrected chi connectivity index (χ4v) is 2.16. The van der Waals surface area contributed by atoms with Gasteiger partial charge >= 0.3 is 0 Å². The second kappa shape index (κ2) is 9.41. The number of nitrogens with two attached hydrogens (primary N) is 1. The van der Waals surface area contributed by atoms with Crippen LogP contribution in [0.2, 0.25) is 0 Å². The third-order valence-electron chi connectivity index (χ3n) is 3.26. The van der Waals surface area contributed by atoms with Crippen LogP contribution in [-0.2, 0) is 9.47 Å². The zero-order chi connectivity index (χ0) is 14.8. The van der Waals surface area contributed by atoms with Crippen molar-refractivity contribution in [2.75, 3.05) is 33.0 Å². The molecule has 0 amide bonds. The molecule has 0 saturated carbocycles. The van der Waals surface area contributed by atoms with Crippen LogP contribution in [0.3, 0.4) is 0 Å². The largest absolute Gasteiger partial charge is 0.491 e. The molecule has 1 unspecified atom stereocenters. The molecule has 1 fully saturated rings.